The summed E-state index contributed by atoms with van der Waals surface area (Å²) in [6, 6.07) is 6.97. The second-order valence-corrected chi connectivity index (χ2v) is 8.23. The molecular weight excluding hydrogens is 326 g/mol. The molecule has 22 heavy (non-hydrogen) atoms. The average molecular weight is 346 g/mol. The van der Waals surface area contributed by atoms with Gasteiger partial charge in [-0.3, -0.25) is 4.79 Å². The fraction of sp³-hybridized carbons (Fsp3) is 0.533. The molecule has 0 radical (unpaired) electrons. The molecule has 1 saturated heterocycles. The third kappa shape index (κ3) is 4.14. The maximum absolute atomic E-state index is 12.1. The standard InChI is InChI=1S/C15H20ClNO4S/c1-2-22(19,20)12-7-9-17(10-8-12)15(18)11-21-14-6-4-3-5-13(14)16/h3-6,12H,2,7-11H2,1H3. The Balaban J connectivity index is 1.84. The van der Waals surface area contributed by atoms with Gasteiger partial charge in [0.05, 0.1) is 10.3 Å². The van der Waals surface area contributed by atoms with Crippen LogP contribution < -0.4 is 4.74 Å². The zero-order valence-electron chi connectivity index (χ0n) is 12.5. The van der Waals surface area contributed by atoms with Gasteiger partial charge < -0.3 is 9.64 Å². The molecular formula is C15H20ClNO4S. The number of benzene rings is 1. The zero-order chi connectivity index (χ0) is 16.2. The highest BCUT2D eigenvalue weighted by molar-refractivity contribution is 7.92. The van der Waals surface area contributed by atoms with Crippen LogP contribution in [-0.4, -0.2) is 49.9 Å². The molecule has 0 aromatic heterocycles. The largest absolute Gasteiger partial charge is 0.482 e. The molecule has 1 aromatic carbocycles. The van der Waals surface area contributed by atoms with Crippen LogP contribution >= 0.6 is 11.6 Å². The minimum Gasteiger partial charge on any atom is -0.482 e. The third-order valence-electron chi connectivity index (χ3n) is 3.89. The van der Waals surface area contributed by atoms with Crippen molar-refractivity contribution in [2.75, 3.05) is 25.4 Å². The Kier molecular flexibility index (Phi) is 5.69. The molecule has 0 aliphatic carbocycles. The highest BCUT2D eigenvalue weighted by Gasteiger charge is 2.30. The number of halogens is 1. The number of likely N-dealkylation sites (tertiary alicyclic amines) is 1. The lowest BCUT2D eigenvalue weighted by Gasteiger charge is -2.31. The van der Waals surface area contributed by atoms with E-state index >= 15 is 0 Å². The first-order valence-corrected chi connectivity index (χ1v) is 9.40. The van der Waals surface area contributed by atoms with E-state index in [0.717, 1.165) is 0 Å². The van der Waals surface area contributed by atoms with Gasteiger partial charge in [-0.05, 0) is 25.0 Å². The van der Waals surface area contributed by atoms with Crippen molar-refractivity contribution >= 4 is 27.3 Å². The minimum atomic E-state index is -3.02. The monoisotopic (exact) mass is 345 g/mol. The lowest BCUT2D eigenvalue weighted by molar-refractivity contribution is -0.134. The first-order valence-electron chi connectivity index (χ1n) is 7.30. The molecule has 1 amide bonds. The van der Waals surface area contributed by atoms with Gasteiger partial charge in [-0.1, -0.05) is 30.7 Å². The van der Waals surface area contributed by atoms with Gasteiger partial charge in [-0.15, -0.1) is 0 Å². The van der Waals surface area contributed by atoms with Gasteiger partial charge in [0.15, 0.2) is 16.4 Å². The number of sulfone groups is 1. The quantitative estimate of drug-likeness (QED) is 0.820. The van der Waals surface area contributed by atoms with Gasteiger partial charge in [0.25, 0.3) is 5.91 Å². The van der Waals surface area contributed by atoms with Gasteiger partial charge >= 0.3 is 0 Å². The number of carbonyl (C=O) groups excluding carboxylic acids is 1. The molecule has 0 unspecified atom stereocenters. The molecule has 0 spiro atoms. The van der Waals surface area contributed by atoms with Crippen LogP contribution in [0, 0.1) is 0 Å². The van der Waals surface area contributed by atoms with Gasteiger partial charge in [0, 0.05) is 18.8 Å². The molecule has 7 heteroatoms. The van der Waals surface area contributed by atoms with Crippen LogP contribution in [-0.2, 0) is 14.6 Å². The Bertz CT molecular complexity index is 624. The molecule has 1 aromatic rings. The summed E-state index contributed by atoms with van der Waals surface area (Å²) in [5.41, 5.74) is 0. The molecule has 5 nitrogen and oxygen atoms in total. The van der Waals surface area contributed by atoms with Crippen LogP contribution in [0.3, 0.4) is 0 Å². The summed E-state index contributed by atoms with van der Waals surface area (Å²) >= 11 is 5.96. The summed E-state index contributed by atoms with van der Waals surface area (Å²) in [6.45, 7) is 2.47. The summed E-state index contributed by atoms with van der Waals surface area (Å²) in [6.07, 6.45) is 0.988. The smallest absolute Gasteiger partial charge is 0.260 e. The fourth-order valence-electron chi connectivity index (χ4n) is 2.49. The fourth-order valence-corrected chi connectivity index (χ4v) is 4.08. The van der Waals surface area contributed by atoms with Crippen molar-refractivity contribution in [3.8, 4) is 5.75 Å². The van der Waals surface area contributed by atoms with E-state index in [2.05, 4.69) is 0 Å². The van der Waals surface area contributed by atoms with E-state index < -0.39 is 9.84 Å². The predicted octanol–water partition coefficient (Wildman–Crippen LogP) is 2.14. The van der Waals surface area contributed by atoms with Crippen molar-refractivity contribution in [2.24, 2.45) is 0 Å². The number of hydrogen-bond acceptors (Lipinski definition) is 4. The van der Waals surface area contributed by atoms with Crippen molar-refractivity contribution in [3.05, 3.63) is 29.3 Å². The molecule has 122 valence electrons. The summed E-state index contributed by atoms with van der Waals surface area (Å²) in [5, 5.41) is 0.133. The van der Waals surface area contributed by atoms with E-state index in [-0.39, 0.29) is 23.5 Å². The number of hydrogen-bond donors (Lipinski definition) is 0. The van der Waals surface area contributed by atoms with E-state index in [0.29, 0.717) is 36.7 Å². The van der Waals surface area contributed by atoms with Crippen LogP contribution in [0.25, 0.3) is 0 Å². The van der Waals surface area contributed by atoms with Crippen LogP contribution in [0.4, 0.5) is 0 Å². The zero-order valence-corrected chi connectivity index (χ0v) is 14.1. The maximum atomic E-state index is 12.1. The SMILES string of the molecule is CCS(=O)(=O)C1CCN(C(=O)COc2ccccc2Cl)CC1. The Labute approximate surface area is 136 Å². The van der Waals surface area contributed by atoms with Crippen LogP contribution in [0.15, 0.2) is 24.3 Å². The van der Waals surface area contributed by atoms with E-state index in [4.69, 9.17) is 16.3 Å². The number of carbonyl (C=O) groups is 1. The third-order valence-corrected chi connectivity index (χ3v) is 6.50. The molecule has 0 N–H and O–H groups in total. The van der Waals surface area contributed by atoms with Gasteiger partial charge in [-0.2, -0.15) is 0 Å². The lowest BCUT2D eigenvalue weighted by atomic mass is 10.1. The van der Waals surface area contributed by atoms with Crippen LogP contribution in [0.5, 0.6) is 5.75 Å². The normalized spacial score (nSPS) is 16.5. The molecule has 1 heterocycles. The van der Waals surface area contributed by atoms with Gasteiger partial charge in [0.2, 0.25) is 0 Å². The van der Waals surface area contributed by atoms with Crippen molar-refractivity contribution < 1.29 is 17.9 Å². The van der Waals surface area contributed by atoms with Crippen molar-refractivity contribution in [3.63, 3.8) is 0 Å². The van der Waals surface area contributed by atoms with Gasteiger partial charge in [0.1, 0.15) is 5.75 Å². The highest BCUT2D eigenvalue weighted by Crippen LogP contribution is 2.23. The number of para-hydroxylation sites is 1. The number of amides is 1. The van der Waals surface area contributed by atoms with Gasteiger partial charge in [-0.25, -0.2) is 8.42 Å². The molecule has 0 bridgehead atoms. The highest BCUT2D eigenvalue weighted by atomic mass is 35.5. The number of rotatable bonds is 5. The number of ether oxygens (including phenoxy) is 1. The summed E-state index contributed by atoms with van der Waals surface area (Å²) in [4.78, 5) is 13.8. The molecule has 1 aliphatic rings. The first-order chi connectivity index (χ1) is 10.4. The topological polar surface area (TPSA) is 63.7 Å². The van der Waals surface area contributed by atoms with E-state index in [1.165, 1.54) is 0 Å². The molecule has 0 atom stereocenters. The van der Waals surface area contributed by atoms with E-state index in [9.17, 15) is 13.2 Å². The Morgan fingerprint density at radius 3 is 2.55 bits per heavy atom. The van der Waals surface area contributed by atoms with E-state index in [1.807, 2.05) is 0 Å². The number of nitrogens with zero attached hydrogens (tertiary/aromatic N) is 1. The van der Waals surface area contributed by atoms with E-state index in [1.54, 1.807) is 36.1 Å². The first kappa shape index (κ1) is 17.1. The lowest BCUT2D eigenvalue weighted by Crippen LogP contribution is -2.44. The minimum absolute atomic E-state index is 0.0884. The van der Waals surface area contributed by atoms with Crippen molar-refractivity contribution in [2.45, 2.75) is 25.0 Å². The molecule has 2 rings (SSSR count). The second-order valence-electron chi connectivity index (χ2n) is 5.25. The summed E-state index contributed by atoms with van der Waals surface area (Å²) < 4.78 is 29.1. The average Bonchev–Trinajstić information content (AvgIpc) is 2.54. The van der Waals surface area contributed by atoms with Crippen molar-refractivity contribution in [1.29, 1.82) is 0 Å². The van der Waals surface area contributed by atoms with Crippen LogP contribution in [0.1, 0.15) is 19.8 Å². The summed E-state index contributed by atoms with van der Waals surface area (Å²) in [5.74, 6) is 0.481. The Hall–Kier alpha value is -1.27. The maximum Gasteiger partial charge on any atom is 0.260 e. The summed E-state index contributed by atoms with van der Waals surface area (Å²) in [7, 11) is -3.02. The molecule has 1 aliphatic heterocycles. The van der Waals surface area contributed by atoms with Crippen LogP contribution in [0.2, 0.25) is 5.02 Å². The Morgan fingerprint density at radius 2 is 1.95 bits per heavy atom. The number of piperidine rings is 1. The molecule has 0 saturated carbocycles. The Morgan fingerprint density at radius 1 is 1.32 bits per heavy atom. The molecule has 1 fully saturated rings. The predicted molar refractivity (Wildman–Crippen MR) is 86.0 cm³/mol. The van der Waals surface area contributed by atoms with Crippen molar-refractivity contribution in [1.82, 2.24) is 4.90 Å². The second kappa shape index (κ2) is 7.33.